The van der Waals surface area contributed by atoms with Crippen LogP contribution in [0.1, 0.15) is 31.7 Å². The summed E-state index contributed by atoms with van der Waals surface area (Å²) in [6.45, 7) is 6.08. The zero-order valence-electron chi connectivity index (χ0n) is 29.0. The molecule has 1 aliphatic carbocycles. The minimum Gasteiger partial charge on any atom is -0.497 e. The van der Waals surface area contributed by atoms with E-state index >= 15 is 0 Å². The maximum atomic E-state index is 6.28. The molecule has 2 aliphatic rings. The number of rotatable bonds is 8. The highest BCUT2D eigenvalue weighted by Crippen LogP contribution is 2.50. The Morgan fingerprint density at radius 3 is 2.50 bits per heavy atom. The average molecular weight is 694 g/mol. The molecule has 250 valence electrons. The summed E-state index contributed by atoms with van der Waals surface area (Å²) < 4.78 is 15.4. The summed E-state index contributed by atoms with van der Waals surface area (Å²) in [5, 5.41) is 7.49. The van der Waals surface area contributed by atoms with E-state index in [2.05, 4.69) is 152 Å². The van der Waals surface area contributed by atoms with Crippen molar-refractivity contribution in [1.29, 1.82) is 0 Å². The van der Waals surface area contributed by atoms with Crippen LogP contribution in [-0.4, -0.2) is 20.8 Å². The second-order valence-corrected chi connectivity index (χ2v) is 16.0. The Kier molecular flexibility index (Phi) is 8.76. The number of allylic oxidation sites excluding steroid dienone is 6. The monoisotopic (exact) mass is 693 g/mol. The van der Waals surface area contributed by atoms with E-state index in [0.717, 1.165) is 30.9 Å². The van der Waals surface area contributed by atoms with Gasteiger partial charge in [-0.2, -0.15) is 4.57 Å². The third-order valence-corrected chi connectivity index (χ3v) is 11.9. The molecule has 0 atom stereocenters. The fourth-order valence-corrected chi connectivity index (χ4v) is 9.61. The number of benzene rings is 5. The van der Waals surface area contributed by atoms with Gasteiger partial charge in [0.05, 0.1) is 17.8 Å². The van der Waals surface area contributed by atoms with Crippen LogP contribution in [0.3, 0.4) is 0 Å². The van der Waals surface area contributed by atoms with Crippen molar-refractivity contribution in [1.82, 2.24) is 0 Å². The molecule has 2 heterocycles. The first-order valence-electron chi connectivity index (χ1n) is 17.2. The highest BCUT2D eigenvalue weighted by atomic mass is 32.2. The van der Waals surface area contributed by atoms with Gasteiger partial charge < -0.3 is 14.4 Å². The molecule has 4 nitrogen and oxygen atoms in total. The molecule has 6 aromatic rings. The Morgan fingerprint density at radius 1 is 0.860 bits per heavy atom. The lowest BCUT2D eigenvalue weighted by Crippen LogP contribution is -2.38. The van der Waals surface area contributed by atoms with E-state index in [9.17, 15) is 0 Å². The molecule has 50 heavy (non-hydrogen) atoms. The number of aromatic nitrogens is 1. The van der Waals surface area contributed by atoms with Crippen LogP contribution in [0, 0.1) is 5.41 Å². The lowest BCUT2D eigenvalue weighted by atomic mass is 9.75. The van der Waals surface area contributed by atoms with E-state index in [1.54, 1.807) is 18.4 Å². The quantitative estimate of drug-likeness (QED) is 0.148. The van der Waals surface area contributed by atoms with Crippen LogP contribution in [0.4, 0.5) is 5.69 Å². The van der Waals surface area contributed by atoms with Gasteiger partial charge >= 0.3 is 0 Å². The summed E-state index contributed by atoms with van der Waals surface area (Å²) in [7, 11) is 3.91. The Hall–Kier alpha value is -4.78. The number of nitrogens with zero attached hydrogens (tertiary/aromatic N) is 2. The van der Waals surface area contributed by atoms with E-state index < -0.39 is 0 Å². The van der Waals surface area contributed by atoms with E-state index in [1.807, 2.05) is 17.8 Å². The number of hydrogen-bond donors (Lipinski definition) is 0. The first-order chi connectivity index (χ1) is 24.3. The summed E-state index contributed by atoms with van der Waals surface area (Å²) >= 11 is 3.67. The molecule has 0 amide bonds. The van der Waals surface area contributed by atoms with Crippen molar-refractivity contribution >= 4 is 66.6 Å². The maximum absolute atomic E-state index is 6.28. The van der Waals surface area contributed by atoms with Crippen LogP contribution < -0.4 is 18.9 Å². The number of anilines is 1. The normalized spacial score (nSPS) is 17.4. The van der Waals surface area contributed by atoms with Crippen molar-refractivity contribution in [2.75, 3.05) is 25.7 Å². The Labute approximate surface area is 302 Å². The average Bonchev–Trinajstić information content (AvgIpc) is 3.63. The molecule has 0 N–H and O–H groups in total. The molecule has 6 heteroatoms. The molecule has 0 bridgehead atoms. The van der Waals surface area contributed by atoms with Crippen LogP contribution in [0.15, 0.2) is 142 Å². The van der Waals surface area contributed by atoms with Gasteiger partial charge in [-0.3, -0.25) is 0 Å². The molecule has 1 aliphatic heterocycles. The Bertz CT molecular complexity index is 2380. The third-order valence-electron chi connectivity index (χ3n) is 9.59. The van der Waals surface area contributed by atoms with Gasteiger partial charge in [-0.05, 0) is 81.3 Å². The molecule has 0 fully saturated rings. The predicted molar refractivity (Wildman–Crippen MR) is 213 cm³/mol. The predicted octanol–water partition coefficient (Wildman–Crippen LogP) is 11.4. The van der Waals surface area contributed by atoms with E-state index in [-0.39, 0.29) is 5.41 Å². The third kappa shape index (κ3) is 6.58. The van der Waals surface area contributed by atoms with Gasteiger partial charge in [0.1, 0.15) is 22.8 Å². The van der Waals surface area contributed by atoms with Gasteiger partial charge in [0.15, 0.2) is 6.54 Å². The zero-order chi connectivity index (χ0) is 34.2. The van der Waals surface area contributed by atoms with Gasteiger partial charge in [0, 0.05) is 30.2 Å². The summed E-state index contributed by atoms with van der Waals surface area (Å²) in [5.41, 5.74) is 5.38. The number of hydrogen-bond acceptors (Lipinski definition) is 5. The number of thiazole rings is 1. The molecular weight excluding hydrogens is 653 g/mol. The van der Waals surface area contributed by atoms with Crippen LogP contribution in [0.25, 0.3) is 37.8 Å². The van der Waals surface area contributed by atoms with Gasteiger partial charge in [-0.15, -0.1) is 0 Å². The van der Waals surface area contributed by atoms with Gasteiger partial charge in [-0.25, -0.2) is 0 Å². The smallest absolute Gasteiger partial charge is 0.262 e. The number of ether oxygens (including phenoxy) is 2. The highest BCUT2D eigenvalue weighted by molar-refractivity contribution is 8.04. The van der Waals surface area contributed by atoms with Crippen molar-refractivity contribution in [3.05, 3.63) is 143 Å². The molecular formula is C44H41N2O2S2+. The Balaban J connectivity index is 1.05. The van der Waals surface area contributed by atoms with Crippen molar-refractivity contribution < 1.29 is 14.0 Å². The number of thioether (sulfide) groups is 1. The van der Waals surface area contributed by atoms with E-state index in [1.165, 1.54) is 63.5 Å². The van der Waals surface area contributed by atoms with Crippen molar-refractivity contribution in [2.24, 2.45) is 5.41 Å². The lowest BCUT2D eigenvalue weighted by molar-refractivity contribution is -0.669. The summed E-state index contributed by atoms with van der Waals surface area (Å²) in [6.07, 6.45) is 13.7. The van der Waals surface area contributed by atoms with Gasteiger partial charge in [0.2, 0.25) is 5.52 Å². The number of methoxy groups -OCH3 is 1. The SMILES string of the molecule is COc1ccc2c(c1)sc(/C=C/C=C1C=C(/C=C3\Sc4c(ccc5ccccc45)N3C)CC(C)(C)C/1)[n+]2CCOc1ccc2ccccc2c1. The fraction of sp³-hybridized carbons (Fsp3) is 0.205. The number of fused-ring (bicyclic) bond motifs is 5. The zero-order valence-corrected chi connectivity index (χ0v) is 30.6. The fourth-order valence-electron chi connectivity index (χ4n) is 7.22. The van der Waals surface area contributed by atoms with Crippen LogP contribution in [-0.2, 0) is 6.54 Å². The highest BCUT2D eigenvalue weighted by Gasteiger charge is 2.28. The molecule has 0 spiro atoms. The second kappa shape index (κ2) is 13.5. The molecule has 0 saturated carbocycles. The molecule has 5 aromatic carbocycles. The Morgan fingerprint density at radius 2 is 1.64 bits per heavy atom. The van der Waals surface area contributed by atoms with Gasteiger partial charge in [-0.1, -0.05) is 116 Å². The molecule has 0 unspecified atom stereocenters. The molecule has 0 saturated heterocycles. The molecule has 8 rings (SSSR count). The van der Waals surface area contributed by atoms with Crippen LogP contribution in [0.5, 0.6) is 11.5 Å². The van der Waals surface area contributed by atoms with Crippen molar-refractivity contribution in [3.63, 3.8) is 0 Å². The lowest BCUT2D eigenvalue weighted by Gasteiger charge is -2.30. The van der Waals surface area contributed by atoms with Gasteiger partial charge in [0.25, 0.3) is 5.01 Å². The van der Waals surface area contributed by atoms with E-state index in [0.29, 0.717) is 6.61 Å². The maximum Gasteiger partial charge on any atom is 0.262 e. The van der Waals surface area contributed by atoms with Crippen LogP contribution in [0.2, 0.25) is 0 Å². The largest absolute Gasteiger partial charge is 0.497 e. The molecule has 1 aromatic heterocycles. The summed E-state index contributed by atoms with van der Waals surface area (Å²) in [4.78, 5) is 3.69. The van der Waals surface area contributed by atoms with Crippen molar-refractivity contribution in [2.45, 2.75) is 38.1 Å². The topological polar surface area (TPSA) is 25.6 Å². The van der Waals surface area contributed by atoms with Crippen molar-refractivity contribution in [3.8, 4) is 11.5 Å². The first-order valence-corrected chi connectivity index (χ1v) is 18.8. The minimum atomic E-state index is 0.177. The standard InChI is InChI=1S/C44H41N2O2S2/c1-44(2)28-30(24-31(29-44)25-42-45(3)39-20-17-33-12-7-8-14-37(33)43(39)50-42)10-9-15-41-46(38-21-19-35(47-4)27-40(38)49-41)22-23-48-36-18-16-32-11-5-6-13-34(32)26-36/h5-21,24-27H,22-23,28-29H2,1-4H3/q+1. The van der Waals surface area contributed by atoms with Crippen LogP contribution >= 0.6 is 23.1 Å². The summed E-state index contributed by atoms with van der Waals surface area (Å²) in [6, 6.07) is 34.2. The minimum absolute atomic E-state index is 0.177. The summed E-state index contributed by atoms with van der Waals surface area (Å²) in [5.74, 6) is 1.76. The first kappa shape index (κ1) is 32.4. The second-order valence-electron chi connectivity index (χ2n) is 13.9. The van der Waals surface area contributed by atoms with E-state index in [4.69, 9.17) is 9.47 Å². The molecule has 0 radical (unpaired) electrons.